The lowest BCUT2D eigenvalue weighted by Crippen LogP contribution is -1.77. The van der Waals surface area contributed by atoms with Crippen molar-refractivity contribution in [3.05, 3.63) is 23.2 Å². The molecule has 0 aromatic carbocycles. The molecule has 1 rings (SSSR count). The zero-order chi connectivity index (χ0) is 8.27. The summed E-state index contributed by atoms with van der Waals surface area (Å²) >= 11 is 0. The number of hydrogen-bond donors (Lipinski definition) is 0. The minimum absolute atomic E-state index is 0. The predicted molar refractivity (Wildman–Crippen MR) is 35.4 cm³/mol. The molecule has 4 nitrogen and oxygen atoms in total. The van der Waals surface area contributed by atoms with Gasteiger partial charge in [-0.05, 0) is 0 Å². The van der Waals surface area contributed by atoms with Crippen LogP contribution in [-0.2, 0) is 0 Å². The first kappa shape index (κ1) is 9.68. The Bertz CT molecular complexity index is 370. The van der Waals surface area contributed by atoms with Gasteiger partial charge in [-0.2, -0.15) is 15.8 Å². The third-order valence-electron chi connectivity index (χ3n) is 1.12. The molecule has 1 aromatic heterocycles. The highest BCUT2D eigenvalue weighted by molar-refractivity contribution is 5.50. The third-order valence-corrected chi connectivity index (χ3v) is 1.12. The van der Waals surface area contributed by atoms with Gasteiger partial charge in [0.25, 0.3) is 0 Å². The summed E-state index contributed by atoms with van der Waals surface area (Å²) in [5.41, 5.74) is 0.110. The summed E-state index contributed by atoms with van der Waals surface area (Å²) in [6, 6.07) is 5.10. The minimum Gasteiger partial charge on any atom is -0.451 e. The minimum atomic E-state index is -0.107. The maximum atomic E-state index is 8.44. The Balaban J connectivity index is 0.00000121. The van der Waals surface area contributed by atoms with E-state index in [2.05, 4.69) is 4.42 Å². The van der Waals surface area contributed by atoms with Gasteiger partial charge in [0.15, 0.2) is 0 Å². The first-order valence-corrected chi connectivity index (χ1v) is 2.65. The van der Waals surface area contributed by atoms with Crippen molar-refractivity contribution < 1.29 is 9.12 Å². The van der Waals surface area contributed by atoms with Crippen molar-refractivity contribution in [3.63, 3.8) is 0 Å². The number of nitrogens with zero attached hydrogens (tertiary/aromatic N) is 3. The van der Waals surface area contributed by atoms with E-state index in [1.807, 2.05) is 0 Å². The summed E-state index contributed by atoms with van der Waals surface area (Å²) in [6.07, 6.45) is 1.09. The molecule has 1 aromatic rings. The zero-order valence-electron chi connectivity index (χ0n) is 5.74. The highest BCUT2D eigenvalue weighted by Crippen LogP contribution is 2.13. The number of nitriles is 3. The lowest BCUT2D eigenvalue weighted by atomic mass is 10.2. The van der Waals surface area contributed by atoms with E-state index in [4.69, 9.17) is 15.8 Å². The lowest BCUT2D eigenvalue weighted by molar-refractivity contribution is 0.551. The van der Waals surface area contributed by atoms with Gasteiger partial charge in [-0.1, -0.05) is 0 Å². The van der Waals surface area contributed by atoms with Gasteiger partial charge in [0, 0.05) is 0 Å². The number of halogens is 1. The highest BCUT2D eigenvalue weighted by Gasteiger charge is 2.11. The molecule has 0 amide bonds. The van der Waals surface area contributed by atoms with Crippen LogP contribution in [0.1, 0.15) is 16.9 Å². The Kier molecular flexibility index (Phi) is 3.03. The van der Waals surface area contributed by atoms with Crippen LogP contribution in [0.3, 0.4) is 0 Å². The molecular formula is C7H2FN3O. The molecule has 0 saturated carbocycles. The zero-order valence-corrected chi connectivity index (χ0v) is 5.74. The van der Waals surface area contributed by atoms with Gasteiger partial charge in [0.2, 0.25) is 5.76 Å². The van der Waals surface area contributed by atoms with Crippen molar-refractivity contribution in [3.8, 4) is 18.2 Å². The second-order valence-electron chi connectivity index (χ2n) is 1.69. The molecule has 0 spiro atoms. The average molecular weight is 163 g/mol. The van der Waals surface area contributed by atoms with Crippen LogP contribution in [0.15, 0.2) is 10.7 Å². The van der Waals surface area contributed by atoms with Crippen LogP contribution in [0, 0.1) is 34.0 Å². The SMILES string of the molecule is F.N#Cc1coc(C#N)c1C#N. The smallest absolute Gasteiger partial charge is 0.222 e. The fourth-order valence-corrected chi connectivity index (χ4v) is 0.634. The first-order valence-electron chi connectivity index (χ1n) is 2.65. The van der Waals surface area contributed by atoms with Crippen LogP contribution in [0.25, 0.3) is 0 Å². The van der Waals surface area contributed by atoms with Crippen LogP contribution in [-0.4, -0.2) is 0 Å². The van der Waals surface area contributed by atoms with Gasteiger partial charge in [-0.3, -0.25) is 4.70 Å². The molecule has 0 unspecified atom stereocenters. The molecule has 0 aliphatic carbocycles. The maximum absolute atomic E-state index is 8.44. The molecule has 0 bridgehead atoms. The average Bonchev–Trinajstić information content (AvgIpc) is 2.45. The van der Waals surface area contributed by atoms with Crippen molar-refractivity contribution in [1.82, 2.24) is 0 Å². The van der Waals surface area contributed by atoms with Gasteiger partial charge in [-0.25, -0.2) is 0 Å². The molecule has 58 valence electrons. The molecule has 1 heterocycles. The van der Waals surface area contributed by atoms with Crippen molar-refractivity contribution in [2.24, 2.45) is 0 Å². The Morgan fingerprint density at radius 2 is 1.75 bits per heavy atom. The monoisotopic (exact) mass is 163 g/mol. The van der Waals surface area contributed by atoms with E-state index in [0.29, 0.717) is 0 Å². The van der Waals surface area contributed by atoms with Crippen LogP contribution in [0.2, 0.25) is 0 Å². The first-order chi connectivity index (χ1) is 5.33. The Morgan fingerprint density at radius 3 is 2.17 bits per heavy atom. The van der Waals surface area contributed by atoms with E-state index in [0.717, 1.165) is 6.26 Å². The molecular weight excluding hydrogens is 161 g/mol. The maximum Gasteiger partial charge on any atom is 0.222 e. The van der Waals surface area contributed by atoms with Crippen molar-refractivity contribution in [2.75, 3.05) is 0 Å². The second kappa shape index (κ2) is 3.75. The summed E-state index contributed by atoms with van der Waals surface area (Å²) in [4.78, 5) is 0. The van der Waals surface area contributed by atoms with Crippen molar-refractivity contribution >= 4 is 0 Å². The summed E-state index contributed by atoms with van der Waals surface area (Å²) in [7, 11) is 0. The molecule has 0 aliphatic heterocycles. The summed E-state index contributed by atoms with van der Waals surface area (Å²) in [5.74, 6) is -0.107. The summed E-state index contributed by atoms with van der Waals surface area (Å²) < 4.78 is 4.62. The number of hydrogen-bond acceptors (Lipinski definition) is 4. The van der Waals surface area contributed by atoms with E-state index in [-0.39, 0.29) is 21.6 Å². The molecule has 0 atom stereocenters. The van der Waals surface area contributed by atoms with Crippen molar-refractivity contribution in [1.29, 1.82) is 15.8 Å². The largest absolute Gasteiger partial charge is 0.451 e. The molecule has 0 saturated heterocycles. The molecule has 0 N–H and O–H groups in total. The van der Waals surface area contributed by atoms with Crippen LogP contribution in [0.5, 0.6) is 0 Å². The molecule has 5 heteroatoms. The predicted octanol–water partition coefficient (Wildman–Crippen LogP) is 1.05. The fraction of sp³-hybridized carbons (Fsp3) is 0. The second-order valence-corrected chi connectivity index (χ2v) is 1.69. The van der Waals surface area contributed by atoms with E-state index in [9.17, 15) is 0 Å². The van der Waals surface area contributed by atoms with Gasteiger partial charge in [-0.15, -0.1) is 0 Å². The van der Waals surface area contributed by atoms with Gasteiger partial charge in [0.05, 0.1) is 0 Å². The Hall–Kier alpha value is -2.32. The van der Waals surface area contributed by atoms with E-state index in [1.54, 1.807) is 18.2 Å². The van der Waals surface area contributed by atoms with Gasteiger partial charge < -0.3 is 4.42 Å². The van der Waals surface area contributed by atoms with E-state index >= 15 is 0 Å². The van der Waals surface area contributed by atoms with Crippen LogP contribution >= 0.6 is 0 Å². The molecule has 0 fully saturated rings. The number of rotatable bonds is 0. The Morgan fingerprint density at radius 1 is 1.08 bits per heavy atom. The van der Waals surface area contributed by atoms with Gasteiger partial charge >= 0.3 is 0 Å². The van der Waals surface area contributed by atoms with E-state index < -0.39 is 0 Å². The normalized spacial score (nSPS) is 7.08. The van der Waals surface area contributed by atoms with Crippen LogP contribution < -0.4 is 0 Å². The van der Waals surface area contributed by atoms with Crippen LogP contribution in [0.4, 0.5) is 4.70 Å². The Labute approximate surface area is 67.2 Å². The fourth-order valence-electron chi connectivity index (χ4n) is 0.634. The standard InChI is InChI=1S/C7HN3O.FH/c8-1-5-4-11-7(3-10)6(5)2-9;/h4H;1H. The lowest BCUT2D eigenvalue weighted by Gasteiger charge is -1.76. The van der Waals surface area contributed by atoms with E-state index in [1.165, 1.54) is 0 Å². The highest BCUT2D eigenvalue weighted by atomic mass is 19.0. The third kappa shape index (κ3) is 1.23. The quantitative estimate of drug-likeness (QED) is 0.572. The van der Waals surface area contributed by atoms with Gasteiger partial charge in [0.1, 0.15) is 35.6 Å². The topological polar surface area (TPSA) is 84.5 Å². The summed E-state index contributed by atoms with van der Waals surface area (Å²) in [6.45, 7) is 0. The molecule has 12 heavy (non-hydrogen) atoms. The molecule has 0 aliphatic rings. The number of furan rings is 1. The van der Waals surface area contributed by atoms with Crippen molar-refractivity contribution in [2.45, 2.75) is 0 Å². The summed E-state index contributed by atoms with van der Waals surface area (Å²) in [5, 5.41) is 25.2. The molecule has 0 radical (unpaired) electrons.